The Hall–Kier alpha value is -2.48. The molecule has 0 aromatic heterocycles. The van der Waals surface area contributed by atoms with Crippen molar-refractivity contribution >= 4 is 17.5 Å². The molecule has 2 amide bonds. The van der Waals surface area contributed by atoms with Crippen LogP contribution in [0.4, 0.5) is 5.69 Å². The number of carbonyl (C=O) groups excluding carboxylic acids is 2. The molecule has 100 valence electrons. The summed E-state index contributed by atoms with van der Waals surface area (Å²) in [6, 6.07) is 6.19. The summed E-state index contributed by atoms with van der Waals surface area (Å²) in [6.45, 7) is 0. The largest absolute Gasteiger partial charge is 0.378 e. The second-order valence-corrected chi connectivity index (χ2v) is 4.28. The van der Waals surface area contributed by atoms with Crippen LogP contribution < -0.4 is 16.0 Å². The van der Waals surface area contributed by atoms with E-state index in [4.69, 9.17) is 12.2 Å². The lowest BCUT2D eigenvalue weighted by atomic mass is 10.1. The first kappa shape index (κ1) is 14.6. The number of anilines is 1. The van der Waals surface area contributed by atoms with E-state index in [1.165, 1.54) is 0 Å². The topological polar surface area (TPSA) is 75.4 Å². The van der Waals surface area contributed by atoms with Crippen LogP contribution >= 0.6 is 0 Å². The van der Waals surface area contributed by atoms with E-state index in [0.29, 0.717) is 5.56 Å². The number of nitrogens with zero attached hydrogens (tertiary/aromatic N) is 1. The summed E-state index contributed by atoms with van der Waals surface area (Å²) >= 11 is 0. The predicted molar refractivity (Wildman–Crippen MR) is 74.7 cm³/mol. The predicted octanol–water partition coefficient (Wildman–Crippen LogP) is 0.360. The fourth-order valence-corrected chi connectivity index (χ4v) is 1.51. The van der Waals surface area contributed by atoms with Crippen LogP contribution in [0.5, 0.6) is 0 Å². The molecule has 1 aromatic carbocycles. The van der Waals surface area contributed by atoms with Gasteiger partial charge in [0.2, 0.25) is 5.91 Å². The minimum absolute atomic E-state index is 0.0778. The van der Waals surface area contributed by atoms with Gasteiger partial charge in [0.15, 0.2) is 0 Å². The Kier molecular flexibility index (Phi) is 4.95. The third-order valence-corrected chi connectivity index (χ3v) is 2.60. The molecule has 5 heteroatoms. The molecule has 1 rings (SSSR count). The molecule has 0 aliphatic rings. The minimum Gasteiger partial charge on any atom is -0.378 e. The number of amides is 2. The van der Waals surface area contributed by atoms with Crippen molar-refractivity contribution in [1.29, 1.82) is 0 Å². The van der Waals surface area contributed by atoms with Gasteiger partial charge in [0.05, 0.1) is 0 Å². The summed E-state index contributed by atoms with van der Waals surface area (Å²) in [5.74, 6) is 1.30. The van der Waals surface area contributed by atoms with Gasteiger partial charge in [0.1, 0.15) is 6.04 Å². The molecule has 0 aliphatic carbocycles. The van der Waals surface area contributed by atoms with Crippen molar-refractivity contribution in [2.75, 3.05) is 19.0 Å². The number of rotatable bonds is 5. The summed E-state index contributed by atoms with van der Waals surface area (Å²) in [5, 5.41) is 2.53. The molecule has 0 saturated carbocycles. The average molecular weight is 259 g/mol. The standard InChI is InChI=1S/C14H17N3O2/c1-4-6-12(13(15)18)16-14(19)10-7-5-8-11(9-10)17(2)3/h1,5,7-9,12H,6H2,2-3H3,(H2,15,18)(H,16,19)/t12-/m1/s1. The van der Waals surface area contributed by atoms with E-state index in [0.717, 1.165) is 5.69 Å². The maximum atomic E-state index is 12.0. The SMILES string of the molecule is C#CC[C@@H](NC(=O)c1cccc(N(C)C)c1)C(N)=O. The average Bonchev–Trinajstić information content (AvgIpc) is 2.38. The molecule has 0 unspecified atom stereocenters. The summed E-state index contributed by atoms with van der Waals surface area (Å²) in [4.78, 5) is 25.0. The molecule has 0 heterocycles. The Morgan fingerprint density at radius 2 is 2.16 bits per heavy atom. The highest BCUT2D eigenvalue weighted by molar-refractivity contribution is 5.98. The Morgan fingerprint density at radius 3 is 2.68 bits per heavy atom. The summed E-state index contributed by atoms with van der Waals surface area (Å²) in [5.41, 5.74) is 6.51. The van der Waals surface area contributed by atoms with E-state index in [-0.39, 0.29) is 12.3 Å². The summed E-state index contributed by atoms with van der Waals surface area (Å²) < 4.78 is 0. The number of primary amides is 1. The second-order valence-electron chi connectivity index (χ2n) is 4.28. The molecular formula is C14H17N3O2. The van der Waals surface area contributed by atoms with Crippen molar-refractivity contribution in [3.8, 4) is 12.3 Å². The second kappa shape index (κ2) is 6.45. The molecule has 19 heavy (non-hydrogen) atoms. The van der Waals surface area contributed by atoms with Crippen LogP contribution in [0, 0.1) is 12.3 Å². The van der Waals surface area contributed by atoms with Gasteiger partial charge >= 0.3 is 0 Å². The highest BCUT2D eigenvalue weighted by Gasteiger charge is 2.18. The van der Waals surface area contributed by atoms with E-state index in [1.807, 2.05) is 25.1 Å². The van der Waals surface area contributed by atoms with Crippen molar-refractivity contribution in [1.82, 2.24) is 5.32 Å². The fourth-order valence-electron chi connectivity index (χ4n) is 1.51. The number of hydrogen-bond acceptors (Lipinski definition) is 3. The number of hydrogen-bond donors (Lipinski definition) is 2. The van der Waals surface area contributed by atoms with Crippen LogP contribution in [0.3, 0.4) is 0 Å². The number of terminal acetylenes is 1. The van der Waals surface area contributed by atoms with E-state index >= 15 is 0 Å². The van der Waals surface area contributed by atoms with Crippen LogP contribution in [-0.2, 0) is 4.79 Å². The lowest BCUT2D eigenvalue weighted by Crippen LogP contribution is -2.44. The molecular weight excluding hydrogens is 242 g/mol. The third-order valence-electron chi connectivity index (χ3n) is 2.60. The number of benzene rings is 1. The maximum absolute atomic E-state index is 12.0. The lowest BCUT2D eigenvalue weighted by molar-refractivity contribution is -0.119. The van der Waals surface area contributed by atoms with E-state index < -0.39 is 11.9 Å². The van der Waals surface area contributed by atoms with Gasteiger partial charge in [-0.3, -0.25) is 9.59 Å². The molecule has 0 radical (unpaired) electrons. The van der Waals surface area contributed by atoms with Gasteiger partial charge in [0, 0.05) is 31.8 Å². The first-order valence-corrected chi connectivity index (χ1v) is 5.76. The summed E-state index contributed by atoms with van der Waals surface area (Å²) in [6.07, 6.45) is 5.21. The quantitative estimate of drug-likeness (QED) is 0.750. The van der Waals surface area contributed by atoms with Gasteiger partial charge in [-0.15, -0.1) is 12.3 Å². The Labute approximate surface area is 112 Å². The zero-order valence-corrected chi connectivity index (χ0v) is 11.0. The Bertz CT molecular complexity index is 518. The first-order valence-electron chi connectivity index (χ1n) is 5.76. The molecule has 0 fully saturated rings. The maximum Gasteiger partial charge on any atom is 0.252 e. The van der Waals surface area contributed by atoms with Crippen molar-refractivity contribution in [3.05, 3.63) is 29.8 Å². The van der Waals surface area contributed by atoms with Crippen LogP contribution in [0.25, 0.3) is 0 Å². The molecule has 3 N–H and O–H groups in total. The monoisotopic (exact) mass is 259 g/mol. The van der Waals surface area contributed by atoms with Crippen LogP contribution in [0.15, 0.2) is 24.3 Å². The summed E-state index contributed by atoms with van der Waals surface area (Å²) in [7, 11) is 3.75. The molecule has 0 bridgehead atoms. The van der Waals surface area contributed by atoms with Gasteiger partial charge < -0.3 is 16.0 Å². The van der Waals surface area contributed by atoms with Crippen molar-refractivity contribution in [3.63, 3.8) is 0 Å². The van der Waals surface area contributed by atoms with Crippen molar-refractivity contribution < 1.29 is 9.59 Å². The smallest absolute Gasteiger partial charge is 0.252 e. The lowest BCUT2D eigenvalue weighted by Gasteiger charge is -2.15. The Balaban J connectivity index is 2.86. The first-order chi connectivity index (χ1) is 8.95. The molecule has 0 saturated heterocycles. The van der Waals surface area contributed by atoms with E-state index in [1.54, 1.807) is 18.2 Å². The minimum atomic E-state index is -0.847. The third kappa shape index (κ3) is 4.03. The zero-order valence-electron chi connectivity index (χ0n) is 11.0. The normalized spacial score (nSPS) is 11.2. The van der Waals surface area contributed by atoms with Crippen molar-refractivity contribution in [2.45, 2.75) is 12.5 Å². The highest BCUT2D eigenvalue weighted by atomic mass is 16.2. The molecule has 1 aromatic rings. The van der Waals surface area contributed by atoms with Crippen LogP contribution in [-0.4, -0.2) is 32.0 Å². The van der Waals surface area contributed by atoms with E-state index in [2.05, 4.69) is 11.2 Å². The van der Waals surface area contributed by atoms with Gasteiger partial charge in [-0.05, 0) is 18.2 Å². The van der Waals surface area contributed by atoms with Crippen LogP contribution in [0.2, 0.25) is 0 Å². The van der Waals surface area contributed by atoms with Crippen molar-refractivity contribution in [2.24, 2.45) is 5.73 Å². The highest BCUT2D eigenvalue weighted by Crippen LogP contribution is 2.13. The fraction of sp³-hybridized carbons (Fsp3) is 0.286. The number of carbonyl (C=O) groups is 2. The van der Waals surface area contributed by atoms with Gasteiger partial charge in [-0.2, -0.15) is 0 Å². The molecule has 1 atom stereocenters. The zero-order chi connectivity index (χ0) is 14.4. The van der Waals surface area contributed by atoms with Crippen LogP contribution in [0.1, 0.15) is 16.8 Å². The van der Waals surface area contributed by atoms with Gasteiger partial charge in [0.25, 0.3) is 5.91 Å². The molecule has 5 nitrogen and oxygen atoms in total. The molecule has 0 spiro atoms. The van der Waals surface area contributed by atoms with E-state index in [9.17, 15) is 9.59 Å². The van der Waals surface area contributed by atoms with Gasteiger partial charge in [-0.25, -0.2) is 0 Å². The Morgan fingerprint density at radius 1 is 1.47 bits per heavy atom. The number of nitrogens with one attached hydrogen (secondary N) is 1. The number of nitrogens with two attached hydrogens (primary N) is 1. The molecule has 0 aliphatic heterocycles. The van der Waals surface area contributed by atoms with Gasteiger partial charge in [-0.1, -0.05) is 6.07 Å².